The normalized spacial score (nSPS) is 11.2. The summed E-state index contributed by atoms with van der Waals surface area (Å²) in [5, 5.41) is 3.50. The van der Waals surface area contributed by atoms with Crippen LogP contribution in [-0.4, -0.2) is 20.9 Å². The molecule has 0 heterocycles. The molecular formula is C21H17Cl3N2O3S. The van der Waals surface area contributed by atoms with E-state index in [-0.39, 0.29) is 20.6 Å². The van der Waals surface area contributed by atoms with Gasteiger partial charge < -0.3 is 5.32 Å². The average Bonchev–Trinajstić information content (AvgIpc) is 2.70. The molecule has 0 radical (unpaired) electrons. The molecule has 1 amide bonds. The molecule has 1 N–H and O–H groups in total. The molecule has 0 bridgehead atoms. The van der Waals surface area contributed by atoms with Gasteiger partial charge in [-0.05, 0) is 55.0 Å². The monoisotopic (exact) mass is 482 g/mol. The first-order valence-electron chi connectivity index (χ1n) is 8.78. The maximum atomic E-state index is 13.4. The molecule has 0 saturated carbocycles. The summed E-state index contributed by atoms with van der Waals surface area (Å²) in [7, 11) is -4.05. The minimum Gasteiger partial charge on any atom is -0.322 e. The van der Waals surface area contributed by atoms with Crippen molar-refractivity contribution in [3.8, 4) is 0 Å². The van der Waals surface area contributed by atoms with Gasteiger partial charge in [0.2, 0.25) is 5.91 Å². The zero-order valence-corrected chi connectivity index (χ0v) is 18.9. The Hall–Kier alpha value is -2.25. The predicted octanol–water partition coefficient (Wildman–Crippen LogP) is 5.79. The molecule has 30 heavy (non-hydrogen) atoms. The highest BCUT2D eigenvalue weighted by Crippen LogP contribution is 2.31. The van der Waals surface area contributed by atoms with Gasteiger partial charge in [-0.15, -0.1) is 0 Å². The van der Waals surface area contributed by atoms with Crippen LogP contribution in [0.15, 0.2) is 71.6 Å². The lowest BCUT2D eigenvalue weighted by molar-refractivity contribution is -0.114. The van der Waals surface area contributed by atoms with Gasteiger partial charge in [0.1, 0.15) is 6.54 Å². The van der Waals surface area contributed by atoms with Gasteiger partial charge in [-0.2, -0.15) is 0 Å². The second-order valence-electron chi connectivity index (χ2n) is 6.40. The molecule has 0 saturated heterocycles. The van der Waals surface area contributed by atoms with Gasteiger partial charge in [0.25, 0.3) is 10.0 Å². The van der Waals surface area contributed by atoms with Crippen LogP contribution in [0.4, 0.5) is 11.4 Å². The van der Waals surface area contributed by atoms with Crippen LogP contribution in [0.2, 0.25) is 15.1 Å². The third kappa shape index (κ3) is 4.90. The van der Waals surface area contributed by atoms with Gasteiger partial charge in [0, 0.05) is 5.02 Å². The summed E-state index contributed by atoms with van der Waals surface area (Å²) in [5.41, 5.74) is 1.30. The fourth-order valence-electron chi connectivity index (χ4n) is 2.80. The molecule has 0 aliphatic rings. The standard InChI is InChI=1S/C21H17Cl3N2O3S/c1-14-5-2-3-8-19(14)26(30(28,29)16-11-9-15(22)10-12-16)13-20(27)25-21-17(23)6-4-7-18(21)24/h2-12H,13H2,1H3,(H,25,27). The quantitative estimate of drug-likeness (QED) is 0.482. The number of rotatable bonds is 6. The molecule has 0 spiro atoms. The molecule has 0 unspecified atom stereocenters. The van der Waals surface area contributed by atoms with Crippen LogP contribution in [-0.2, 0) is 14.8 Å². The highest BCUT2D eigenvalue weighted by Gasteiger charge is 2.28. The Morgan fingerprint density at radius 1 is 0.900 bits per heavy atom. The Bertz CT molecular complexity index is 1160. The summed E-state index contributed by atoms with van der Waals surface area (Å²) in [4.78, 5) is 12.8. The molecule has 0 aromatic heterocycles. The minimum atomic E-state index is -4.05. The number of sulfonamides is 1. The van der Waals surface area contributed by atoms with Crippen molar-refractivity contribution in [1.29, 1.82) is 0 Å². The van der Waals surface area contributed by atoms with Crippen molar-refractivity contribution < 1.29 is 13.2 Å². The highest BCUT2D eigenvalue weighted by molar-refractivity contribution is 7.92. The number of nitrogens with zero attached hydrogens (tertiary/aromatic N) is 1. The van der Waals surface area contributed by atoms with Crippen LogP contribution >= 0.6 is 34.8 Å². The third-order valence-corrected chi connectivity index (χ3v) is 6.96. The summed E-state index contributed by atoms with van der Waals surface area (Å²) < 4.78 is 27.8. The number of hydrogen-bond donors (Lipinski definition) is 1. The highest BCUT2D eigenvalue weighted by atomic mass is 35.5. The number of aryl methyl sites for hydroxylation is 1. The fraction of sp³-hybridized carbons (Fsp3) is 0.0952. The minimum absolute atomic E-state index is 0.0127. The molecule has 0 atom stereocenters. The van der Waals surface area contributed by atoms with Gasteiger partial charge in [0.05, 0.1) is 26.3 Å². The smallest absolute Gasteiger partial charge is 0.264 e. The predicted molar refractivity (Wildman–Crippen MR) is 122 cm³/mol. The molecule has 0 fully saturated rings. The molecular weight excluding hydrogens is 467 g/mol. The maximum Gasteiger partial charge on any atom is 0.264 e. The Morgan fingerprint density at radius 3 is 2.10 bits per heavy atom. The van der Waals surface area contributed by atoms with E-state index >= 15 is 0 Å². The first-order valence-corrected chi connectivity index (χ1v) is 11.4. The van der Waals surface area contributed by atoms with E-state index in [1.807, 2.05) is 0 Å². The number of carbonyl (C=O) groups excluding carboxylic acids is 1. The molecule has 3 aromatic rings. The van der Waals surface area contributed by atoms with E-state index in [2.05, 4.69) is 5.32 Å². The van der Waals surface area contributed by atoms with Crippen molar-refractivity contribution >= 4 is 62.1 Å². The average molecular weight is 484 g/mol. The summed E-state index contributed by atoms with van der Waals surface area (Å²) in [6.45, 7) is 1.29. The van der Waals surface area contributed by atoms with Crippen molar-refractivity contribution in [3.05, 3.63) is 87.4 Å². The number of hydrogen-bond acceptors (Lipinski definition) is 3. The number of anilines is 2. The van der Waals surface area contributed by atoms with Gasteiger partial charge in [-0.1, -0.05) is 59.1 Å². The molecule has 156 valence electrons. The largest absolute Gasteiger partial charge is 0.322 e. The Labute approximate surface area is 190 Å². The Balaban J connectivity index is 1.99. The van der Waals surface area contributed by atoms with Crippen molar-refractivity contribution in [2.24, 2.45) is 0 Å². The van der Waals surface area contributed by atoms with E-state index in [4.69, 9.17) is 34.8 Å². The third-order valence-electron chi connectivity index (χ3n) is 4.30. The lowest BCUT2D eigenvalue weighted by atomic mass is 10.2. The molecule has 3 rings (SSSR count). The van der Waals surface area contributed by atoms with Crippen LogP contribution in [0.3, 0.4) is 0 Å². The maximum absolute atomic E-state index is 13.4. The van der Waals surface area contributed by atoms with Crippen LogP contribution in [0.5, 0.6) is 0 Å². The van der Waals surface area contributed by atoms with Gasteiger partial charge in [-0.3, -0.25) is 9.10 Å². The zero-order chi connectivity index (χ0) is 21.9. The van der Waals surface area contributed by atoms with Gasteiger partial charge >= 0.3 is 0 Å². The molecule has 0 aliphatic carbocycles. The van der Waals surface area contributed by atoms with Gasteiger partial charge in [0.15, 0.2) is 0 Å². The Kier molecular flexibility index (Phi) is 6.93. The number of benzene rings is 3. The van der Waals surface area contributed by atoms with Crippen LogP contribution in [0.25, 0.3) is 0 Å². The lowest BCUT2D eigenvalue weighted by Gasteiger charge is -2.25. The van der Waals surface area contributed by atoms with E-state index in [1.165, 1.54) is 24.3 Å². The van der Waals surface area contributed by atoms with Gasteiger partial charge in [-0.25, -0.2) is 8.42 Å². The van der Waals surface area contributed by atoms with E-state index < -0.39 is 22.5 Å². The number of amides is 1. The number of para-hydroxylation sites is 2. The first-order chi connectivity index (χ1) is 14.2. The summed E-state index contributed by atoms with van der Waals surface area (Å²) in [6.07, 6.45) is 0. The zero-order valence-electron chi connectivity index (χ0n) is 15.8. The van der Waals surface area contributed by atoms with E-state index in [1.54, 1.807) is 49.4 Å². The first kappa shape index (κ1) is 22.4. The fourth-order valence-corrected chi connectivity index (χ4v) is 4.91. The van der Waals surface area contributed by atoms with E-state index in [9.17, 15) is 13.2 Å². The molecule has 0 aliphatic heterocycles. The summed E-state index contributed by atoms with van der Waals surface area (Å²) in [5.74, 6) is -0.592. The lowest BCUT2D eigenvalue weighted by Crippen LogP contribution is -2.38. The summed E-state index contributed by atoms with van der Waals surface area (Å²) >= 11 is 18.1. The number of carbonyl (C=O) groups is 1. The number of halogens is 3. The van der Waals surface area contributed by atoms with Crippen LogP contribution in [0.1, 0.15) is 5.56 Å². The molecule has 9 heteroatoms. The second-order valence-corrected chi connectivity index (χ2v) is 9.51. The van der Waals surface area contributed by atoms with E-state index in [0.29, 0.717) is 16.3 Å². The van der Waals surface area contributed by atoms with Crippen molar-refractivity contribution in [2.75, 3.05) is 16.2 Å². The summed E-state index contributed by atoms with van der Waals surface area (Å²) in [6, 6.07) is 17.4. The van der Waals surface area contributed by atoms with Crippen LogP contribution in [0, 0.1) is 6.92 Å². The topological polar surface area (TPSA) is 66.5 Å². The van der Waals surface area contributed by atoms with Crippen molar-refractivity contribution in [3.63, 3.8) is 0 Å². The molecule has 3 aromatic carbocycles. The van der Waals surface area contributed by atoms with Crippen LogP contribution < -0.4 is 9.62 Å². The Morgan fingerprint density at radius 2 is 1.50 bits per heavy atom. The number of nitrogens with one attached hydrogen (secondary N) is 1. The second kappa shape index (κ2) is 9.27. The van der Waals surface area contributed by atoms with E-state index in [0.717, 1.165) is 4.31 Å². The molecule has 5 nitrogen and oxygen atoms in total. The van der Waals surface area contributed by atoms with Crippen molar-refractivity contribution in [2.45, 2.75) is 11.8 Å². The van der Waals surface area contributed by atoms with Crippen molar-refractivity contribution in [1.82, 2.24) is 0 Å². The SMILES string of the molecule is Cc1ccccc1N(CC(=O)Nc1c(Cl)cccc1Cl)S(=O)(=O)c1ccc(Cl)cc1.